The molecule has 2 rings (SSSR count). The van der Waals surface area contributed by atoms with E-state index >= 15 is 0 Å². The Kier molecular flexibility index (Phi) is 5.63. The number of ether oxygens (including phenoxy) is 2. The summed E-state index contributed by atoms with van der Waals surface area (Å²) in [5.41, 5.74) is 1.41. The Labute approximate surface area is 137 Å². The maximum absolute atomic E-state index is 11.7. The lowest BCUT2D eigenvalue weighted by Crippen LogP contribution is -2.27. The SMILES string of the molecule is CC(C)(C)OC(=O)Nc1ccc(OCCc2ccccc2)cc1. The molecule has 2 aromatic carbocycles. The topological polar surface area (TPSA) is 47.6 Å². The van der Waals surface area contributed by atoms with Crippen molar-refractivity contribution in [3.05, 3.63) is 60.2 Å². The van der Waals surface area contributed by atoms with Crippen LogP contribution in [-0.2, 0) is 11.2 Å². The highest BCUT2D eigenvalue weighted by molar-refractivity contribution is 5.84. The van der Waals surface area contributed by atoms with E-state index in [2.05, 4.69) is 17.4 Å². The van der Waals surface area contributed by atoms with Gasteiger partial charge in [0.1, 0.15) is 11.4 Å². The van der Waals surface area contributed by atoms with Gasteiger partial charge in [-0.3, -0.25) is 5.32 Å². The van der Waals surface area contributed by atoms with E-state index < -0.39 is 11.7 Å². The minimum absolute atomic E-state index is 0.463. The molecular weight excluding hydrogens is 290 g/mol. The summed E-state index contributed by atoms with van der Waals surface area (Å²) in [5.74, 6) is 0.774. The van der Waals surface area contributed by atoms with Crippen LogP contribution in [0.4, 0.5) is 10.5 Å². The number of hydrogen-bond acceptors (Lipinski definition) is 3. The normalized spacial score (nSPS) is 10.9. The molecule has 0 aromatic heterocycles. The Morgan fingerprint density at radius 2 is 1.65 bits per heavy atom. The van der Waals surface area contributed by atoms with Crippen molar-refractivity contribution >= 4 is 11.8 Å². The van der Waals surface area contributed by atoms with Crippen LogP contribution in [0.5, 0.6) is 5.75 Å². The highest BCUT2D eigenvalue weighted by Crippen LogP contribution is 2.17. The monoisotopic (exact) mass is 313 g/mol. The standard InChI is InChI=1S/C19H23NO3/c1-19(2,3)23-18(21)20-16-9-11-17(12-10-16)22-14-13-15-7-5-4-6-8-15/h4-12H,13-14H2,1-3H3,(H,20,21). The molecule has 0 radical (unpaired) electrons. The van der Waals surface area contributed by atoms with Crippen molar-refractivity contribution in [1.29, 1.82) is 0 Å². The van der Waals surface area contributed by atoms with Gasteiger partial charge in [0.15, 0.2) is 0 Å². The van der Waals surface area contributed by atoms with E-state index in [1.807, 2.05) is 51.1 Å². The molecule has 0 atom stereocenters. The summed E-state index contributed by atoms with van der Waals surface area (Å²) in [4.78, 5) is 11.7. The first-order valence-corrected chi connectivity index (χ1v) is 7.69. The first kappa shape index (κ1) is 16.9. The summed E-state index contributed by atoms with van der Waals surface area (Å²) in [6, 6.07) is 17.5. The average Bonchev–Trinajstić information content (AvgIpc) is 2.48. The number of carbonyl (C=O) groups is 1. The van der Waals surface area contributed by atoms with Crippen molar-refractivity contribution < 1.29 is 14.3 Å². The predicted molar refractivity (Wildman–Crippen MR) is 91.9 cm³/mol. The minimum Gasteiger partial charge on any atom is -0.493 e. The van der Waals surface area contributed by atoms with Gasteiger partial charge in [0.2, 0.25) is 0 Å². The second-order valence-corrected chi connectivity index (χ2v) is 6.24. The molecule has 4 heteroatoms. The number of rotatable bonds is 5. The number of carbonyl (C=O) groups excluding carboxylic acids is 1. The zero-order valence-electron chi connectivity index (χ0n) is 13.8. The molecule has 2 aromatic rings. The Morgan fingerprint density at radius 1 is 1.00 bits per heavy atom. The average molecular weight is 313 g/mol. The molecule has 23 heavy (non-hydrogen) atoms. The second kappa shape index (κ2) is 7.68. The summed E-state index contributed by atoms with van der Waals surface area (Å²) >= 11 is 0. The number of benzene rings is 2. The van der Waals surface area contributed by atoms with Gasteiger partial charge in [-0.15, -0.1) is 0 Å². The van der Waals surface area contributed by atoms with E-state index in [0.29, 0.717) is 12.3 Å². The van der Waals surface area contributed by atoms with Crippen LogP contribution in [0.15, 0.2) is 54.6 Å². The lowest BCUT2D eigenvalue weighted by atomic mass is 10.2. The van der Waals surface area contributed by atoms with Gasteiger partial charge in [0.25, 0.3) is 0 Å². The Balaban J connectivity index is 1.79. The first-order chi connectivity index (χ1) is 10.9. The molecule has 0 aliphatic rings. The third kappa shape index (κ3) is 6.43. The molecule has 4 nitrogen and oxygen atoms in total. The van der Waals surface area contributed by atoms with Crippen molar-refractivity contribution in [2.24, 2.45) is 0 Å². The van der Waals surface area contributed by atoms with Crippen molar-refractivity contribution in [3.63, 3.8) is 0 Å². The number of hydrogen-bond donors (Lipinski definition) is 1. The van der Waals surface area contributed by atoms with Gasteiger partial charge in [0, 0.05) is 12.1 Å². The first-order valence-electron chi connectivity index (χ1n) is 7.69. The van der Waals surface area contributed by atoms with Crippen LogP contribution in [-0.4, -0.2) is 18.3 Å². The van der Waals surface area contributed by atoms with E-state index in [1.54, 1.807) is 12.1 Å². The van der Waals surface area contributed by atoms with Gasteiger partial charge < -0.3 is 9.47 Å². The number of anilines is 1. The van der Waals surface area contributed by atoms with Gasteiger partial charge >= 0.3 is 6.09 Å². The zero-order valence-corrected chi connectivity index (χ0v) is 13.8. The third-order valence-electron chi connectivity index (χ3n) is 3.00. The smallest absolute Gasteiger partial charge is 0.412 e. The highest BCUT2D eigenvalue weighted by Gasteiger charge is 2.16. The van der Waals surface area contributed by atoms with Crippen LogP contribution in [0, 0.1) is 0 Å². The third-order valence-corrected chi connectivity index (χ3v) is 3.00. The van der Waals surface area contributed by atoms with Crippen LogP contribution in [0.3, 0.4) is 0 Å². The molecule has 0 heterocycles. The molecule has 122 valence electrons. The lowest BCUT2D eigenvalue weighted by Gasteiger charge is -2.19. The summed E-state index contributed by atoms with van der Waals surface area (Å²) in [6.45, 7) is 6.10. The molecule has 0 spiro atoms. The number of amides is 1. The lowest BCUT2D eigenvalue weighted by molar-refractivity contribution is 0.0636. The van der Waals surface area contributed by atoms with Gasteiger partial charge in [-0.05, 0) is 50.6 Å². The summed E-state index contributed by atoms with van der Waals surface area (Å²) in [7, 11) is 0. The van der Waals surface area contributed by atoms with E-state index in [9.17, 15) is 4.79 Å². The molecule has 0 unspecified atom stereocenters. The second-order valence-electron chi connectivity index (χ2n) is 6.24. The largest absolute Gasteiger partial charge is 0.493 e. The van der Waals surface area contributed by atoms with E-state index in [1.165, 1.54) is 5.56 Å². The van der Waals surface area contributed by atoms with Gasteiger partial charge in [0.05, 0.1) is 6.61 Å². The molecule has 0 saturated heterocycles. The van der Waals surface area contributed by atoms with E-state index in [-0.39, 0.29) is 0 Å². The zero-order chi connectivity index (χ0) is 16.7. The summed E-state index contributed by atoms with van der Waals surface area (Å²) < 4.78 is 10.9. The maximum Gasteiger partial charge on any atom is 0.412 e. The van der Waals surface area contributed by atoms with Gasteiger partial charge in [-0.1, -0.05) is 30.3 Å². The molecule has 0 bridgehead atoms. The minimum atomic E-state index is -0.509. The maximum atomic E-state index is 11.7. The fourth-order valence-electron chi connectivity index (χ4n) is 1.99. The molecule has 1 amide bonds. The van der Waals surface area contributed by atoms with Crippen molar-refractivity contribution in [1.82, 2.24) is 0 Å². The van der Waals surface area contributed by atoms with Crippen molar-refractivity contribution in [2.45, 2.75) is 32.8 Å². The van der Waals surface area contributed by atoms with Gasteiger partial charge in [-0.25, -0.2) is 4.79 Å². The highest BCUT2D eigenvalue weighted by atomic mass is 16.6. The molecule has 1 N–H and O–H groups in total. The van der Waals surface area contributed by atoms with Crippen LogP contribution in [0.25, 0.3) is 0 Å². The van der Waals surface area contributed by atoms with Crippen LogP contribution in [0.2, 0.25) is 0 Å². The fraction of sp³-hybridized carbons (Fsp3) is 0.316. The molecule has 0 aliphatic heterocycles. The van der Waals surface area contributed by atoms with Crippen LogP contribution < -0.4 is 10.1 Å². The molecule has 0 saturated carbocycles. The molecule has 0 fully saturated rings. The van der Waals surface area contributed by atoms with Crippen LogP contribution in [0.1, 0.15) is 26.3 Å². The van der Waals surface area contributed by atoms with Crippen molar-refractivity contribution in [3.8, 4) is 5.75 Å². The quantitative estimate of drug-likeness (QED) is 0.873. The van der Waals surface area contributed by atoms with E-state index in [4.69, 9.17) is 9.47 Å². The summed E-state index contributed by atoms with van der Waals surface area (Å²) in [5, 5.41) is 2.69. The molecule has 0 aliphatic carbocycles. The molecular formula is C19H23NO3. The van der Waals surface area contributed by atoms with E-state index in [0.717, 1.165) is 12.2 Å². The van der Waals surface area contributed by atoms with Crippen LogP contribution >= 0.6 is 0 Å². The Hall–Kier alpha value is -2.49. The Morgan fingerprint density at radius 3 is 2.26 bits per heavy atom. The number of nitrogens with one attached hydrogen (secondary N) is 1. The fourth-order valence-corrected chi connectivity index (χ4v) is 1.99. The van der Waals surface area contributed by atoms with Gasteiger partial charge in [-0.2, -0.15) is 0 Å². The van der Waals surface area contributed by atoms with Crippen molar-refractivity contribution in [2.75, 3.05) is 11.9 Å². The Bertz CT molecular complexity index is 615. The summed E-state index contributed by atoms with van der Waals surface area (Å²) in [6.07, 6.45) is 0.397. The predicted octanol–water partition coefficient (Wildman–Crippen LogP) is 4.66.